The molecule has 21 heavy (non-hydrogen) atoms. The molecule has 0 atom stereocenters. The van der Waals surface area contributed by atoms with Gasteiger partial charge in [-0.3, -0.25) is 0 Å². The van der Waals surface area contributed by atoms with Crippen molar-refractivity contribution in [2.24, 2.45) is 5.41 Å². The molecule has 0 fully saturated rings. The van der Waals surface area contributed by atoms with E-state index in [1.54, 1.807) is 0 Å². The number of benzene rings is 1. The quantitative estimate of drug-likeness (QED) is 0.802. The number of halogens is 1. The van der Waals surface area contributed by atoms with Crippen LogP contribution in [-0.4, -0.2) is 26.7 Å². The Hall–Kier alpha value is -1.13. The van der Waals surface area contributed by atoms with Crippen LogP contribution in [0.2, 0.25) is 5.02 Å². The number of rotatable bonds is 7. The molecule has 0 aromatic heterocycles. The molecule has 0 saturated heterocycles. The van der Waals surface area contributed by atoms with E-state index in [4.69, 9.17) is 16.9 Å². The summed E-state index contributed by atoms with van der Waals surface area (Å²) >= 11 is 5.81. The molecule has 0 heterocycles. The highest BCUT2D eigenvalue weighted by Gasteiger charge is 2.28. The zero-order chi connectivity index (χ0) is 16.1. The molecule has 0 bridgehead atoms. The first-order valence-electron chi connectivity index (χ1n) is 6.64. The molecule has 0 unspecified atom stereocenters. The first-order valence-corrected chi connectivity index (χ1v) is 8.50. The number of aliphatic hydroxyl groups is 1. The van der Waals surface area contributed by atoms with E-state index in [2.05, 4.69) is 4.72 Å². The molecule has 1 rings (SSSR count). The zero-order valence-corrected chi connectivity index (χ0v) is 13.6. The highest BCUT2D eigenvalue weighted by molar-refractivity contribution is 7.89. The van der Waals surface area contributed by atoms with E-state index in [9.17, 15) is 13.5 Å². The lowest BCUT2D eigenvalue weighted by Gasteiger charge is -2.29. The van der Waals surface area contributed by atoms with Crippen LogP contribution >= 0.6 is 11.6 Å². The van der Waals surface area contributed by atoms with Crippen molar-refractivity contribution in [2.75, 3.05) is 13.2 Å². The molecule has 0 aliphatic heterocycles. The molecule has 0 aliphatic carbocycles. The molecule has 1 aromatic rings. The van der Waals surface area contributed by atoms with Crippen molar-refractivity contribution in [3.8, 4) is 6.07 Å². The summed E-state index contributed by atoms with van der Waals surface area (Å²) in [5, 5.41) is 18.7. The number of hydrogen-bond donors (Lipinski definition) is 2. The second-order valence-electron chi connectivity index (χ2n) is 4.94. The summed E-state index contributed by atoms with van der Waals surface area (Å²) in [6, 6.07) is 5.93. The average molecular weight is 331 g/mol. The Balaban J connectivity index is 3.08. The van der Waals surface area contributed by atoms with Crippen LogP contribution in [0.3, 0.4) is 0 Å². The van der Waals surface area contributed by atoms with Gasteiger partial charge in [-0.15, -0.1) is 0 Å². The van der Waals surface area contributed by atoms with Crippen LogP contribution in [0, 0.1) is 16.7 Å². The Morgan fingerprint density at radius 2 is 2.00 bits per heavy atom. The van der Waals surface area contributed by atoms with Crippen LogP contribution in [0.5, 0.6) is 0 Å². The lowest BCUT2D eigenvalue weighted by atomic mass is 9.84. The molecule has 0 aliphatic rings. The summed E-state index contributed by atoms with van der Waals surface area (Å²) in [4.78, 5) is -0.142. The Kier molecular flexibility index (Phi) is 6.17. The third-order valence-corrected chi connectivity index (χ3v) is 5.50. The second kappa shape index (κ2) is 7.23. The maximum absolute atomic E-state index is 12.4. The molecule has 2 N–H and O–H groups in total. The van der Waals surface area contributed by atoms with Crippen LogP contribution in [-0.2, 0) is 10.0 Å². The first-order chi connectivity index (χ1) is 9.84. The Labute approximate surface area is 130 Å². The van der Waals surface area contributed by atoms with Crippen LogP contribution in [0.25, 0.3) is 0 Å². The predicted octanol–water partition coefficient (Wildman–Crippen LogP) is 2.29. The SMILES string of the molecule is CCC(CC)(CO)CNS(=O)(=O)c1cc(Cl)ccc1C#N. The lowest BCUT2D eigenvalue weighted by molar-refractivity contribution is 0.119. The summed E-state index contributed by atoms with van der Waals surface area (Å²) in [6.07, 6.45) is 1.28. The van der Waals surface area contributed by atoms with Gasteiger partial charge in [0.15, 0.2) is 0 Å². The molecular weight excluding hydrogens is 312 g/mol. The second-order valence-corrected chi connectivity index (χ2v) is 7.11. The first kappa shape index (κ1) is 17.9. The Morgan fingerprint density at radius 1 is 1.38 bits per heavy atom. The fourth-order valence-electron chi connectivity index (χ4n) is 1.92. The summed E-state index contributed by atoms with van der Waals surface area (Å²) in [6.45, 7) is 3.79. The Bertz CT molecular complexity index is 626. The minimum Gasteiger partial charge on any atom is -0.396 e. The Morgan fingerprint density at radius 3 is 2.48 bits per heavy atom. The van der Waals surface area contributed by atoms with Crippen molar-refractivity contribution in [1.82, 2.24) is 4.72 Å². The molecule has 7 heteroatoms. The lowest BCUT2D eigenvalue weighted by Crippen LogP contribution is -2.39. The maximum Gasteiger partial charge on any atom is 0.241 e. The van der Waals surface area contributed by atoms with Gasteiger partial charge < -0.3 is 5.11 Å². The highest BCUT2D eigenvalue weighted by Crippen LogP contribution is 2.26. The van der Waals surface area contributed by atoms with Gasteiger partial charge in [-0.25, -0.2) is 13.1 Å². The third-order valence-electron chi connectivity index (χ3n) is 3.83. The van der Waals surface area contributed by atoms with Gasteiger partial charge in [-0.2, -0.15) is 5.26 Å². The molecule has 5 nitrogen and oxygen atoms in total. The van der Waals surface area contributed by atoms with Crippen molar-refractivity contribution < 1.29 is 13.5 Å². The average Bonchev–Trinajstić information content (AvgIpc) is 2.49. The molecule has 1 aromatic carbocycles. The third kappa shape index (κ3) is 4.17. The van der Waals surface area contributed by atoms with E-state index in [0.717, 1.165) is 0 Å². The summed E-state index contributed by atoms with van der Waals surface area (Å²) in [5.74, 6) is 0. The van der Waals surface area contributed by atoms with Crippen LogP contribution in [0.15, 0.2) is 23.1 Å². The zero-order valence-electron chi connectivity index (χ0n) is 12.1. The maximum atomic E-state index is 12.4. The molecule has 116 valence electrons. The number of nitrogens with one attached hydrogen (secondary N) is 1. The number of hydrogen-bond acceptors (Lipinski definition) is 4. The number of sulfonamides is 1. The number of nitrogens with zero attached hydrogens (tertiary/aromatic N) is 1. The van der Waals surface area contributed by atoms with Gasteiger partial charge in [0.25, 0.3) is 0 Å². The molecule has 0 amide bonds. The van der Waals surface area contributed by atoms with Gasteiger partial charge in [-0.1, -0.05) is 25.4 Å². The fourth-order valence-corrected chi connectivity index (χ4v) is 3.49. The van der Waals surface area contributed by atoms with Gasteiger partial charge in [0, 0.05) is 23.6 Å². The molecule has 0 saturated carbocycles. The molecule has 0 spiro atoms. The van der Waals surface area contributed by atoms with Gasteiger partial charge in [0.05, 0.1) is 5.56 Å². The smallest absolute Gasteiger partial charge is 0.241 e. The normalized spacial score (nSPS) is 12.1. The van der Waals surface area contributed by atoms with Crippen LogP contribution in [0.1, 0.15) is 32.3 Å². The highest BCUT2D eigenvalue weighted by atomic mass is 35.5. The van der Waals surface area contributed by atoms with Gasteiger partial charge in [0.2, 0.25) is 10.0 Å². The van der Waals surface area contributed by atoms with E-state index in [0.29, 0.717) is 12.8 Å². The number of nitriles is 1. The number of aliphatic hydroxyl groups excluding tert-OH is 1. The van der Waals surface area contributed by atoms with Crippen molar-refractivity contribution in [2.45, 2.75) is 31.6 Å². The largest absolute Gasteiger partial charge is 0.396 e. The summed E-state index contributed by atoms with van der Waals surface area (Å²) < 4.78 is 27.2. The van der Waals surface area contributed by atoms with Crippen molar-refractivity contribution in [1.29, 1.82) is 5.26 Å². The van der Waals surface area contributed by atoms with Crippen molar-refractivity contribution in [3.63, 3.8) is 0 Å². The van der Waals surface area contributed by atoms with Gasteiger partial charge >= 0.3 is 0 Å². The minimum absolute atomic E-state index is 0.0366. The molecular formula is C14H19ClN2O3S. The summed E-state index contributed by atoms with van der Waals surface area (Å²) in [5.41, 5.74) is -0.465. The van der Waals surface area contributed by atoms with E-state index < -0.39 is 15.4 Å². The molecule has 0 radical (unpaired) electrons. The van der Waals surface area contributed by atoms with Crippen LogP contribution < -0.4 is 4.72 Å². The fraction of sp³-hybridized carbons (Fsp3) is 0.500. The van der Waals surface area contributed by atoms with Gasteiger partial charge in [-0.05, 0) is 31.0 Å². The van der Waals surface area contributed by atoms with Crippen LogP contribution in [0.4, 0.5) is 0 Å². The van der Waals surface area contributed by atoms with E-state index in [1.807, 2.05) is 19.9 Å². The standard InChI is InChI=1S/C14H19ClN2O3S/c1-3-14(4-2,10-18)9-17-21(19,20)13-7-12(15)6-5-11(13)8-16/h5-7,17-18H,3-4,9-10H2,1-2H3. The monoisotopic (exact) mass is 330 g/mol. The minimum atomic E-state index is -3.86. The summed E-state index contributed by atoms with van der Waals surface area (Å²) in [7, 11) is -3.86. The predicted molar refractivity (Wildman–Crippen MR) is 81.5 cm³/mol. The van der Waals surface area contributed by atoms with E-state index >= 15 is 0 Å². The van der Waals surface area contributed by atoms with E-state index in [-0.39, 0.29) is 28.6 Å². The van der Waals surface area contributed by atoms with Crippen molar-refractivity contribution >= 4 is 21.6 Å². The topological polar surface area (TPSA) is 90.2 Å². The van der Waals surface area contributed by atoms with Gasteiger partial charge in [0.1, 0.15) is 11.0 Å². The van der Waals surface area contributed by atoms with E-state index in [1.165, 1.54) is 18.2 Å². The van der Waals surface area contributed by atoms with Crippen molar-refractivity contribution in [3.05, 3.63) is 28.8 Å².